The van der Waals surface area contributed by atoms with Gasteiger partial charge in [0, 0.05) is 6.07 Å². The molecule has 1 atom stereocenters. The van der Waals surface area contributed by atoms with E-state index in [4.69, 9.17) is 13.9 Å². The number of amides is 1. The lowest BCUT2D eigenvalue weighted by molar-refractivity contribution is -0.385. The smallest absolute Gasteiger partial charge is 0.286 e. The maximum Gasteiger partial charge on any atom is 0.286 e. The van der Waals surface area contributed by atoms with Gasteiger partial charge in [-0.2, -0.15) is 0 Å². The molecule has 120 valence electrons. The molecule has 0 radical (unpaired) electrons. The molecule has 1 aromatic carbocycles. The van der Waals surface area contributed by atoms with Crippen LogP contribution in [0.15, 0.2) is 34.9 Å². The molecule has 0 spiro atoms. The Morgan fingerprint density at radius 1 is 1.30 bits per heavy atom. The summed E-state index contributed by atoms with van der Waals surface area (Å²) < 4.78 is 15.9. The highest BCUT2D eigenvalue weighted by molar-refractivity contribution is 5.99. The molecule has 3 rings (SSSR count). The van der Waals surface area contributed by atoms with Crippen molar-refractivity contribution in [2.45, 2.75) is 13.0 Å². The average Bonchev–Trinajstić information content (AvgIpc) is 3.08. The van der Waals surface area contributed by atoms with E-state index in [1.807, 2.05) is 0 Å². The molecular formula is C15H14N2O6. The number of hydrogen-bond acceptors (Lipinski definition) is 6. The SMILES string of the molecule is C[C@@H](NC(=O)c1cc2c(cc1[N+](=O)[O-])OCCO2)c1ccco1. The number of hydrogen-bond donors (Lipinski definition) is 1. The van der Waals surface area contributed by atoms with Gasteiger partial charge >= 0.3 is 0 Å². The van der Waals surface area contributed by atoms with Gasteiger partial charge in [-0.15, -0.1) is 0 Å². The average molecular weight is 318 g/mol. The first-order valence-electron chi connectivity index (χ1n) is 6.98. The Labute approximate surface area is 131 Å². The Morgan fingerprint density at radius 3 is 2.61 bits per heavy atom. The summed E-state index contributed by atoms with van der Waals surface area (Å²) >= 11 is 0. The standard InChI is InChI=1S/C15H14N2O6/c1-9(12-3-2-4-21-12)16-15(18)10-7-13-14(23-6-5-22-13)8-11(10)17(19)20/h2-4,7-9H,5-6H2,1H3,(H,16,18)/t9-/m1/s1. The summed E-state index contributed by atoms with van der Waals surface area (Å²) in [6.07, 6.45) is 1.49. The summed E-state index contributed by atoms with van der Waals surface area (Å²) in [5, 5.41) is 13.9. The van der Waals surface area contributed by atoms with E-state index in [1.54, 1.807) is 19.1 Å². The van der Waals surface area contributed by atoms with E-state index in [2.05, 4.69) is 5.32 Å². The fraction of sp³-hybridized carbons (Fsp3) is 0.267. The molecule has 1 amide bonds. The van der Waals surface area contributed by atoms with Crippen molar-refractivity contribution in [3.63, 3.8) is 0 Å². The Morgan fingerprint density at radius 2 is 2.00 bits per heavy atom. The van der Waals surface area contributed by atoms with Crippen LogP contribution in [-0.2, 0) is 0 Å². The van der Waals surface area contributed by atoms with Crippen LogP contribution in [0, 0.1) is 10.1 Å². The van der Waals surface area contributed by atoms with Crippen LogP contribution in [0.1, 0.15) is 29.1 Å². The molecule has 2 aromatic rings. The van der Waals surface area contributed by atoms with Gasteiger partial charge < -0.3 is 19.2 Å². The van der Waals surface area contributed by atoms with E-state index >= 15 is 0 Å². The van der Waals surface area contributed by atoms with Gasteiger partial charge in [0.1, 0.15) is 24.5 Å². The van der Waals surface area contributed by atoms with Crippen LogP contribution in [0.4, 0.5) is 5.69 Å². The quantitative estimate of drug-likeness (QED) is 0.686. The lowest BCUT2D eigenvalue weighted by atomic mass is 10.1. The van der Waals surface area contributed by atoms with Gasteiger partial charge in [0.25, 0.3) is 11.6 Å². The van der Waals surface area contributed by atoms with Gasteiger partial charge in [-0.3, -0.25) is 14.9 Å². The van der Waals surface area contributed by atoms with Crippen molar-refractivity contribution in [2.75, 3.05) is 13.2 Å². The van der Waals surface area contributed by atoms with Crippen LogP contribution in [0.2, 0.25) is 0 Å². The molecule has 0 saturated carbocycles. The number of nitrogens with one attached hydrogen (secondary N) is 1. The molecule has 0 unspecified atom stereocenters. The number of furan rings is 1. The third kappa shape index (κ3) is 2.96. The van der Waals surface area contributed by atoms with Crippen molar-refractivity contribution in [2.24, 2.45) is 0 Å². The van der Waals surface area contributed by atoms with E-state index in [1.165, 1.54) is 18.4 Å². The maximum atomic E-state index is 12.4. The second kappa shape index (κ2) is 5.99. The Kier molecular flexibility index (Phi) is 3.88. The summed E-state index contributed by atoms with van der Waals surface area (Å²) in [7, 11) is 0. The van der Waals surface area contributed by atoms with Gasteiger partial charge in [-0.1, -0.05) is 0 Å². The first-order valence-corrected chi connectivity index (χ1v) is 6.98. The lowest BCUT2D eigenvalue weighted by Gasteiger charge is -2.19. The van der Waals surface area contributed by atoms with Gasteiger partial charge in [-0.25, -0.2) is 0 Å². The lowest BCUT2D eigenvalue weighted by Crippen LogP contribution is -2.27. The maximum absolute atomic E-state index is 12.4. The topological polar surface area (TPSA) is 104 Å². The van der Waals surface area contributed by atoms with Crippen molar-refractivity contribution in [1.82, 2.24) is 5.32 Å². The first kappa shape index (κ1) is 14.9. The van der Waals surface area contributed by atoms with E-state index in [-0.39, 0.29) is 17.0 Å². The number of fused-ring (bicyclic) bond motifs is 1. The van der Waals surface area contributed by atoms with E-state index in [0.717, 1.165) is 0 Å². The normalized spacial score (nSPS) is 14.1. The van der Waals surface area contributed by atoms with Crippen molar-refractivity contribution in [1.29, 1.82) is 0 Å². The second-order valence-corrected chi connectivity index (χ2v) is 4.98. The zero-order valence-corrected chi connectivity index (χ0v) is 12.3. The number of ether oxygens (including phenoxy) is 2. The second-order valence-electron chi connectivity index (χ2n) is 4.98. The minimum absolute atomic E-state index is 0.0855. The van der Waals surface area contributed by atoms with E-state index < -0.39 is 16.9 Å². The molecule has 1 aliphatic heterocycles. The van der Waals surface area contributed by atoms with Gasteiger partial charge in [0.2, 0.25) is 0 Å². The molecule has 0 aliphatic carbocycles. The molecule has 1 aliphatic rings. The van der Waals surface area contributed by atoms with Crippen molar-refractivity contribution in [3.8, 4) is 11.5 Å². The highest BCUT2D eigenvalue weighted by atomic mass is 16.6. The molecular weight excluding hydrogens is 304 g/mol. The zero-order valence-electron chi connectivity index (χ0n) is 12.3. The number of benzene rings is 1. The van der Waals surface area contributed by atoms with Crippen LogP contribution in [-0.4, -0.2) is 24.0 Å². The van der Waals surface area contributed by atoms with Crippen LogP contribution in [0.25, 0.3) is 0 Å². The molecule has 0 saturated heterocycles. The van der Waals surface area contributed by atoms with Crippen molar-refractivity contribution >= 4 is 11.6 Å². The van der Waals surface area contributed by atoms with Crippen LogP contribution >= 0.6 is 0 Å². The molecule has 23 heavy (non-hydrogen) atoms. The summed E-state index contributed by atoms with van der Waals surface area (Å²) in [6.45, 7) is 2.36. The number of carbonyl (C=O) groups is 1. The van der Waals surface area contributed by atoms with E-state index in [9.17, 15) is 14.9 Å². The number of nitrogens with zero attached hydrogens (tertiary/aromatic N) is 1. The molecule has 1 aromatic heterocycles. The number of carbonyl (C=O) groups excluding carboxylic acids is 1. The van der Waals surface area contributed by atoms with Crippen molar-refractivity contribution < 1.29 is 23.6 Å². The Balaban J connectivity index is 1.91. The Bertz CT molecular complexity index is 741. The number of rotatable bonds is 4. The van der Waals surface area contributed by atoms with Crippen LogP contribution < -0.4 is 14.8 Å². The zero-order chi connectivity index (χ0) is 16.4. The summed E-state index contributed by atoms with van der Waals surface area (Å²) in [5.41, 5.74) is -0.420. The third-order valence-corrected chi connectivity index (χ3v) is 3.42. The monoisotopic (exact) mass is 318 g/mol. The molecule has 2 heterocycles. The predicted molar refractivity (Wildman–Crippen MR) is 78.7 cm³/mol. The summed E-state index contributed by atoms with van der Waals surface area (Å²) in [5.74, 6) is 0.548. The summed E-state index contributed by atoms with van der Waals surface area (Å²) in [4.78, 5) is 23.0. The van der Waals surface area contributed by atoms with Crippen LogP contribution in [0.3, 0.4) is 0 Å². The molecule has 0 fully saturated rings. The van der Waals surface area contributed by atoms with Crippen LogP contribution in [0.5, 0.6) is 11.5 Å². The summed E-state index contributed by atoms with van der Waals surface area (Å²) in [6, 6.07) is 5.52. The minimum atomic E-state index is -0.620. The highest BCUT2D eigenvalue weighted by Gasteiger charge is 2.27. The molecule has 8 nitrogen and oxygen atoms in total. The fourth-order valence-electron chi connectivity index (χ4n) is 2.29. The Hall–Kier alpha value is -3.03. The highest BCUT2D eigenvalue weighted by Crippen LogP contribution is 2.36. The van der Waals surface area contributed by atoms with Crippen molar-refractivity contribution in [3.05, 3.63) is 52.0 Å². The molecule has 0 bridgehead atoms. The number of nitro benzene ring substituents is 1. The minimum Gasteiger partial charge on any atom is -0.486 e. The van der Waals surface area contributed by atoms with Gasteiger partial charge in [-0.05, 0) is 19.1 Å². The predicted octanol–water partition coefficient (Wildman–Crippen LogP) is 2.45. The van der Waals surface area contributed by atoms with Gasteiger partial charge in [0.15, 0.2) is 11.5 Å². The molecule has 1 N–H and O–H groups in total. The number of nitro groups is 1. The first-order chi connectivity index (χ1) is 11.1. The van der Waals surface area contributed by atoms with Gasteiger partial charge in [0.05, 0.1) is 23.3 Å². The van der Waals surface area contributed by atoms with E-state index in [0.29, 0.717) is 24.7 Å². The third-order valence-electron chi connectivity index (χ3n) is 3.42. The molecule has 8 heteroatoms. The largest absolute Gasteiger partial charge is 0.486 e. The fourth-order valence-corrected chi connectivity index (χ4v) is 2.29.